The maximum Gasteiger partial charge on any atom is 0.239 e. The highest BCUT2D eigenvalue weighted by molar-refractivity contribution is 7.98. The molecule has 0 spiro atoms. The molecule has 0 aromatic rings. The van der Waals surface area contributed by atoms with Gasteiger partial charge in [-0.15, -0.1) is 0 Å². The van der Waals surface area contributed by atoms with Gasteiger partial charge >= 0.3 is 0 Å². The summed E-state index contributed by atoms with van der Waals surface area (Å²) in [5, 5.41) is 0. The Balaban J connectivity index is 4.19. The molecule has 0 aliphatic heterocycles. The highest BCUT2D eigenvalue weighted by Crippen LogP contribution is 2.03. The van der Waals surface area contributed by atoms with Gasteiger partial charge in [0.1, 0.15) is 0 Å². The maximum atomic E-state index is 12.1. The van der Waals surface area contributed by atoms with E-state index in [2.05, 4.69) is 0 Å². The Bertz CT molecular complexity index is 217. The maximum absolute atomic E-state index is 12.1. The molecule has 18 heavy (non-hydrogen) atoms. The quantitative estimate of drug-likeness (QED) is 0.560. The van der Waals surface area contributed by atoms with Crippen LogP contribution < -0.4 is 5.73 Å². The molecule has 1 amide bonds. The Morgan fingerprint density at radius 3 is 2.50 bits per heavy atom. The van der Waals surface area contributed by atoms with Crippen molar-refractivity contribution >= 4 is 17.7 Å². The molecule has 0 aromatic carbocycles. The molecule has 0 aliphatic rings. The third-order valence-corrected chi connectivity index (χ3v) is 3.25. The number of nitrogens with two attached hydrogens (primary N) is 1. The first-order chi connectivity index (χ1) is 8.67. The summed E-state index contributed by atoms with van der Waals surface area (Å²) < 4.78 is 10.0. The van der Waals surface area contributed by atoms with E-state index in [1.165, 1.54) is 0 Å². The molecule has 0 rings (SSSR count). The topological polar surface area (TPSA) is 64.8 Å². The summed E-state index contributed by atoms with van der Waals surface area (Å²) in [5.41, 5.74) is 5.90. The molecule has 6 heteroatoms. The minimum atomic E-state index is -0.406. The van der Waals surface area contributed by atoms with Gasteiger partial charge in [-0.25, -0.2) is 0 Å². The minimum Gasteiger partial charge on any atom is -0.385 e. The van der Waals surface area contributed by atoms with Crippen LogP contribution in [0.5, 0.6) is 0 Å². The smallest absolute Gasteiger partial charge is 0.239 e. The lowest BCUT2D eigenvalue weighted by molar-refractivity contribution is -0.133. The number of carbonyl (C=O) groups excluding carboxylic acids is 1. The number of carbonyl (C=O) groups is 1. The van der Waals surface area contributed by atoms with Crippen LogP contribution in [0.4, 0.5) is 0 Å². The Hall–Kier alpha value is -0.300. The van der Waals surface area contributed by atoms with Gasteiger partial charge in [0.15, 0.2) is 0 Å². The third-order valence-electron chi connectivity index (χ3n) is 2.60. The van der Waals surface area contributed by atoms with Gasteiger partial charge in [0.2, 0.25) is 5.91 Å². The second-order valence-electron chi connectivity index (χ2n) is 4.05. The number of thioether (sulfide) groups is 1. The molecule has 2 N–H and O–H groups in total. The molecule has 0 radical (unpaired) electrons. The summed E-state index contributed by atoms with van der Waals surface area (Å²) in [4.78, 5) is 13.9. The normalized spacial score (nSPS) is 12.4. The van der Waals surface area contributed by atoms with Crippen molar-refractivity contribution in [2.45, 2.75) is 18.9 Å². The van der Waals surface area contributed by atoms with E-state index in [4.69, 9.17) is 15.2 Å². The fourth-order valence-electron chi connectivity index (χ4n) is 1.54. The number of nitrogens with zero attached hydrogens (tertiary/aromatic N) is 1. The average molecular weight is 278 g/mol. The molecule has 0 aromatic heterocycles. The van der Waals surface area contributed by atoms with Gasteiger partial charge in [-0.05, 0) is 24.9 Å². The van der Waals surface area contributed by atoms with Crippen LogP contribution in [0.1, 0.15) is 12.8 Å². The van der Waals surface area contributed by atoms with Gasteiger partial charge in [-0.3, -0.25) is 4.79 Å². The summed E-state index contributed by atoms with van der Waals surface area (Å²) in [6, 6.07) is -0.406. The van der Waals surface area contributed by atoms with Crippen LogP contribution in [0.25, 0.3) is 0 Å². The van der Waals surface area contributed by atoms with Crippen molar-refractivity contribution in [2.75, 3.05) is 52.5 Å². The van der Waals surface area contributed by atoms with Crippen LogP contribution >= 0.6 is 11.8 Å². The SMILES string of the molecule is COCCCN(CCOC)C(=O)[C@@H](N)CCSC. The monoisotopic (exact) mass is 278 g/mol. The molecule has 0 saturated carbocycles. The predicted molar refractivity (Wildman–Crippen MR) is 75.9 cm³/mol. The molecule has 0 bridgehead atoms. The van der Waals surface area contributed by atoms with Gasteiger partial charge < -0.3 is 20.1 Å². The Kier molecular flexibility index (Phi) is 11.6. The Morgan fingerprint density at radius 2 is 1.94 bits per heavy atom. The summed E-state index contributed by atoms with van der Waals surface area (Å²) in [5.74, 6) is 0.917. The minimum absolute atomic E-state index is 0.0113. The van der Waals surface area contributed by atoms with Gasteiger partial charge in [0.25, 0.3) is 0 Å². The molecule has 5 nitrogen and oxygen atoms in total. The van der Waals surface area contributed by atoms with E-state index in [1.807, 2.05) is 6.26 Å². The Morgan fingerprint density at radius 1 is 1.28 bits per heavy atom. The molecule has 108 valence electrons. The standard InChI is InChI=1S/C12H26N2O3S/c1-16-8-4-6-14(7-9-17-2)12(15)11(13)5-10-18-3/h11H,4-10,13H2,1-3H3/t11-/m0/s1. The third kappa shape index (κ3) is 7.92. The fraction of sp³-hybridized carbons (Fsp3) is 0.917. The highest BCUT2D eigenvalue weighted by Gasteiger charge is 2.19. The molecular weight excluding hydrogens is 252 g/mol. The molecule has 0 unspecified atom stereocenters. The zero-order valence-corrected chi connectivity index (χ0v) is 12.5. The first-order valence-electron chi connectivity index (χ1n) is 6.18. The van der Waals surface area contributed by atoms with E-state index in [-0.39, 0.29) is 5.91 Å². The number of ether oxygens (including phenoxy) is 2. The number of hydrogen-bond donors (Lipinski definition) is 1. The molecule has 0 saturated heterocycles. The van der Waals surface area contributed by atoms with Gasteiger partial charge in [0, 0.05) is 33.9 Å². The highest BCUT2D eigenvalue weighted by atomic mass is 32.2. The number of methoxy groups -OCH3 is 2. The fourth-order valence-corrected chi connectivity index (χ4v) is 2.03. The van der Waals surface area contributed by atoms with Gasteiger partial charge in [0.05, 0.1) is 12.6 Å². The van der Waals surface area contributed by atoms with Crippen molar-refractivity contribution in [3.8, 4) is 0 Å². The van der Waals surface area contributed by atoms with Crippen LogP contribution in [0.15, 0.2) is 0 Å². The summed E-state index contributed by atoms with van der Waals surface area (Å²) in [6.45, 7) is 2.44. The second-order valence-corrected chi connectivity index (χ2v) is 5.04. The molecule has 0 heterocycles. The number of hydrogen-bond acceptors (Lipinski definition) is 5. The lowest BCUT2D eigenvalue weighted by Crippen LogP contribution is -2.46. The number of rotatable bonds is 11. The molecular formula is C12H26N2O3S. The van der Waals surface area contributed by atoms with E-state index >= 15 is 0 Å². The van der Waals surface area contributed by atoms with E-state index in [0.29, 0.717) is 32.7 Å². The van der Waals surface area contributed by atoms with Crippen molar-refractivity contribution in [3.05, 3.63) is 0 Å². The van der Waals surface area contributed by atoms with Crippen LogP contribution in [0.2, 0.25) is 0 Å². The van der Waals surface area contributed by atoms with Gasteiger partial charge in [-0.1, -0.05) is 0 Å². The average Bonchev–Trinajstić information content (AvgIpc) is 2.39. The largest absolute Gasteiger partial charge is 0.385 e. The lowest BCUT2D eigenvalue weighted by atomic mass is 10.2. The van der Waals surface area contributed by atoms with Crippen molar-refractivity contribution in [1.82, 2.24) is 4.90 Å². The van der Waals surface area contributed by atoms with Crippen LogP contribution in [0, 0.1) is 0 Å². The molecule has 1 atom stereocenters. The molecule has 0 aliphatic carbocycles. The first kappa shape index (κ1) is 17.7. The van der Waals surface area contributed by atoms with Crippen molar-refractivity contribution in [1.29, 1.82) is 0 Å². The van der Waals surface area contributed by atoms with Crippen molar-refractivity contribution in [3.63, 3.8) is 0 Å². The van der Waals surface area contributed by atoms with Crippen LogP contribution in [0.3, 0.4) is 0 Å². The van der Waals surface area contributed by atoms with Crippen molar-refractivity contribution in [2.24, 2.45) is 5.73 Å². The number of amides is 1. The zero-order chi connectivity index (χ0) is 13.8. The zero-order valence-electron chi connectivity index (χ0n) is 11.7. The van der Waals surface area contributed by atoms with E-state index in [0.717, 1.165) is 12.2 Å². The van der Waals surface area contributed by atoms with Crippen molar-refractivity contribution < 1.29 is 14.3 Å². The first-order valence-corrected chi connectivity index (χ1v) is 7.58. The Labute approximate surface area is 114 Å². The lowest BCUT2D eigenvalue weighted by Gasteiger charge is -2.25. The summed E-state index contributed by atoms with van der Waals surface area (Å²) >= 11 is 1.70. The van der Waals surface area contributed by atoms with E-state index in [1.54, 1.807) is 30.9 Å². The predicted octanol–water partition coefficient (Wildman–Crippen LogP) is 0.578. The van der Waals surface area contributed by atoms with E-state index < -0.39 is 6.04 Å². The molecule has 0 fully saturated rings. The van der Waals surface area contributed by atoms with Gasteiger partial charge in [-0.2, -0.15) is 11.8 Å². The van der Waals surface area contributed by atoms with E-state index in [9.17, 15) is 4.79 Å². The summed E-state index contributed by atoms with van der Waals surface area (Å²) in [6.07, 6.45) is 3.55. The van der Waals surface area contributed by atoms with Crippen LogP contribution in [-0.2, 0) is 14.3 Å². The second kappa shape index (κ2) is 11.8. The van der Waals surface area contributed by atoms with Crippen LogP contribution in [-0.4, -0.2) is 69.4 Å². The summed E-state index contributed by atoms with van der Waals surface area (Å²) in [7, 11) is 3.29.